The van der Waals surface area contributed by atoms with Gasteiger partial charge in [0.2, 0.25) is 0 Å². The average Bonchev–Trinajstić information content (AvgIpc) is 2.06. The van der Waals surface area contributed by atoms with E-state index in [9.17, 15) is 0 Å². The number of ether oxygens (including phenoxy) is 1. The second-order valence-corrected chi connectivity index (χ2v) is 2.25. The lowest BCUT2D eigenvalue weighted by atomic mass is 10.1. The molecule has 58 valence electrons. The highest BCUT2D eigenvalue weighted by Gasteiger charge is 1.96. The molecule has 0 fully saturated rings. The second-order valence-electron chi connectivity index (χ2n) is 2.25. The molecule has 1 aromatic rings. The van der Waals surface area contributed by atoms with Crippen LogP contribution < -0.4 is 4.74 Å². The van der Waals surface area contributed by atoms with Crippen LogP contribution in [0.5, 0.6) is 5.75 Å². The SMILES string of the molecule is C=COc1ccccc1CC. The monoisotopic (exact) mass is 148 g/mol. The Labute approximate surface area is 67.3 Å². The molecule has 1 heteroatoms. The van der Waals surface area contributed by atoms with Gasteiger partial charge in [0.1, 0.15) is 5.75 Å². The van der Waals surface area contributed by atoms with Crippen LogP contribution >= 0.6 is 0 Å². The summed E-state index contributed by atoms with van der Waals surface area (Å²) in [5, 5.41) is 0. The molecule has 1 nitrogen and oxygen atoms in total. The highest BCUT2D eigenvalue weighted by Crippen LogP contribution is 2.17. The van der Waals surface area contributed by atoms with Crippen LogP contribution in [0, 0.1) is 0 Å². The van der Waals surface area contributed by atoms with Crippen molar-refractivity contribution in [2.75, 3.05) is 0 Å². The van der Waals surface area contributed by atoms with E-state index in [2.05, 4.69) is 19.6 Å². The van der Waals surface area contributed by atoms with E-state index in [0.29, 0.717) is 0 Å². The molecule has 0 heterocycles. The van der Waals surface area contributed by atoms with Gasteiger partial charge >= 0.3 is 0 Å². The third-order valence-electron chi connectivity index (χ3n) is 1.56. The van der Waals surface area contributed by atoms with Gasteiger partial charge in [0, 0.05) is 0 Å². The van der Waals surface area contributed by atoms with E-state index in [-0.39, 0.29) is 0 Å². The zero-order valence-electron chi connectivity index (χ0n) is 6.71. The minimum atomic E-state index is 0.907. The minimum absolute atomic E-state index is 0.907. The molecular formula is C10H12O. The van der Waals surface area contributed by atoms with Gasteiger partial charge in [-0.2, -0.15) is 0 Å². The fraction of sp³-hybridized carbons (Fsp3) is 0.200. The number of hydrogen-bond donors (Lipinski definition) is 0. The van der Waals surface area contributed by atoms with Crippen LogP contribution in [0.3, 0.4) is 0 Å². The quantitative estimate of drug-likeness (QED) is 0.599. The fourth-order valence-electron chi connectivity index (χ4n) is 1.00. The summed E-state index contributed by atoms with van der Waals surface area (Å²) in [5.74, 6) is 0.907. The Morgan fingerprint density at radius 1 is 1.45 bits per heavy atom. The zero-order valence-corrected chi connectivity index (χ0v) is 6.71. The van der Waals surface area contributed by atoms with Gasteiger partial charge in [0.15, 0.2) is 0 Å². The molecule has 0 saturated carbocycles. The van der Waals surface area contributed by atoms with Crippen molar-refractivity contribution in [1.82, 2.24) is 0 Å². The number of hydrogen-bond acceptors (Lipinski definition) is 1. The molecule has 0 N–H and O–H groups in total. The number of benzene rings is 1. The zero-order chi connectivity index (χ0) is 8.10. The molecule has 1 aromatic carbocycles. The standard InChI is InChI=1S/C10H12O/c1-3-9-7-5-6-8-10(9)11-4-2/h4-8H,2-3H2,1H3. The van der Waals surface area contributed by atoms with E-state index in [0.717, 1.165) is 12.2 Å². The first-order chi connectivity index (χ1) is 5.38. The first kappa shape index (κ1) is 7.86. The van der Waals surface area contributed by atoms with Gasteiger partial charge < -0.3 is 4.74 Å². The Balaban J connectivity index is 2.92. The highest BCUT2D eigenvalue weighted by molar-refractivity contribution is 5.33. The van der Waals surface area contributed by atoms with Crippen molar-refractivity contribution in [2.45, 2.75) is 13.3 Å². The second kappa shape index (κ2) is 3.81. The van der Waals surface area contributed by atoms with Gasteiger partial charge in [-0.15, -0.1) is 0 Å². The van der Waals surface area contributed by atoms with Gasteiger partial charge in [-0.3, -0.25) is 0 Å². The van der Waals surface area contributed by atoms with E-state index >= 15 is 0 Å². The van der Waals surface area contributed by atoms with E-state index in [4.69, 9.17) is 4.74 Å². The number of rotatable bonds is 3. The lowest BCUT2D eigenvalue weighted by Crippen LogP contribution is -1.87. The minimum Gasteiger partial charge on any atom is -0.465 e. The van der Waals surface area contributed by atoms with E-state index in [1.807, 2.05) is 18.2 Å². The number of aryl methyl sites for hydroxylation is 1. The van der Waals surface area contributed by atoms with E-state index in [1.54, 1.807) is 0 Å². The molecule has 1 rings (SSSR count). The van der Waals surface area contributed by atoms with Gasteiger partial charge in [0.05, 0.1) is 6.26 Å². The topological polar surface area (TPSA) is 9.23 Å². The summed E-state index contributed by atoms with van der Waals surface area (Å²) in [5.41, 5.74) is 1.22. The molecule has 0 amide bonds. The van der Waals surface area contributed by atoms with Crippen LogP contribution in [-0.4, -0.2) is 0 Å². The van der Waals surface area contributed by atoms with Crippen molar-refractivity contribution in [2.24, 2.45) is 0 Å². The average molecular weight is 148 g/mol. The van der Waals surface area contributed by atoms with Crippen molar-refractivity contribution in [1.29, 1.82) is 0 Å². The van der Waals surface area contributed by atoms with Gasteiger partial charge in [0.25, 0.3) is 0 Å². The van der Waals surface area contributed by atoms with Crippen LogP contribution in [0.4, 0.5) is 0 Å². The van der Waals surface area contributed by atoms with Crippen molar-refractivity contribution < 1.29 is 4.74 Å². The Hall–Kier alpha value is -1.24. The Morgan fingerprint density at radius 3 is 2.82 bits per heavy atom. The normalized spacial score (nSPS) is 9.18. The maximum atomic E-state index is 5.19. The van der Waals surface area contributed by atoms with Crippen molar-refractivity contribution >= 4 is 0 Å². The first-order valence-corrected chi connectivity index (χ1v) is 3.74. The molecule has 0 aromatic heterocycles. The molecular weight excluding hydrogens is 136 g/mol. The van der Waals surface area contributed by atoms with Gasteiger partial charge in [-0.25, -0.2) is 0 Å². The largest absolute Gasteiger partial charge is 0.465 e. The highest BCUT2D eigenvalue weighted by atomic mass is 16.5. The summed E-state index contributed by atoms with van der Waals surface area (Å²) in [6.45, 7) is 5.61. The summed E-state index contributed by atoms with van der Waals surface area (Å²) < 4.78 is 5.19. The first-order valence-electron chi connectivity index (χ1n) is 3.74. The molecule has 0 bridgehead atoms. The van der Waals surface area contributed by atoms with Crippen LogP contribution in [0.1, 0.15) is 12.5 Å². The predicted octanol–water partition coefficient (Wildman–Crippen LogP) is 2.77. The van der Waals surface area contributed by atoms with Crippen molar-refractivity contribution in [3.8, 4) is 5.75 Å². The third kappa shape index (κ3) is 1.84. The smallest absolute Gasteiger partial charge is 0.129 e. The van der Waals surface area contributed by atoms with Gasteiger partial charge in [-0.1, -0.05) is 31.7 Å². The molecule has 0 aliphatic heterocycles. The Morgan fingerprint density at radius 2 is 2.18 bits per heavy atom. The van der Waals surface area contributed by atoms with Gasteiger partial charge in [-0.05, 0) is 18.1 Å². The Kier molecular flexibility index (Phi) is 2.73. The lowest BCUT2D eigenvalue weighted by molar-refractivity contribution is 0.477. The molecule has 0 radical (unpaired) electrons. The molecule has 0 aliphatic rings. The molecule has 0 atom stereocenters. The van der Waals surface area contributed by atoms with E-state index in [1.165, 1.54) is 11.8 Å². The van der Waals surface area contributed by atoms with Crippen LogP contribution in [0.15, 0.2) is 37.1 Å². The molecule has 0 unspecified atom stereocenters. The van der Waals surface area contributed by atoms with Crippen molar-refractivity contribution in [3.05, 3.63) is 42.7 Å². The summed E-state index contributed by atoms with van der Waals surface area (Å²) in [4.78, 5) is 0. The van der Waals surface area contributed by atoms with Crippen molar-refractivity contribution in [3.63, 3.8) is 0 Å². The summed E-state index contributed by atoms with van der Waals surface area (Å²) in [6.07, 6.45) is 2.44. The maximum absolute atomic E-state index is 5.19. The lowest BCUT2D eigenvalue weighted by Gasteiger charge is -2.04. The summed E-state index contributed by atoms with van der Waals surface area (Å²) >= 11 is 0. The molecule has 0 saturated heterocycles. The maximum Gasteiger partial charge on any atom is 0.129 e. The fourth-order valence-corrected chi connectivity index (χ4v) is 1.00. The van der Waals surface area contributed by atoms with Crippen LogP contribution in [-0.2, 0) is 6.42 Å². The number of para-hydroxylation sites is 1. The van der Waals surface area contributed by atoms with Crippen LogP contribution in [0.25, 0.3) is 0 Å². The molecule has 11 heavy (non-hydrogen) atoms. The predicted molar refractivity (Wildman–Crippen MR) is 46.6 cm³/mol. The molecule has 0 spiro atoms. The van der Waals surface area contributed by atoms with Crippen LogP contribution in [0.2, 0.25) is 0 Å². The summed E-state index contributed by atoms with van der Waals surface area (Å²) in [7, 11) is 0. The Bertz CT molecular complexity index is 240. The summed E-state index contributed by atoms with van der Waals surface area (Å²) in [6, 6.07) is 7.96. The molecule has 0 aliphatic carbocycles. The third-order valence-corrected chi connectivity index (χ3v) is 1.56. The van der Waals surface area contributed by atoms with E-state index < -0.39 is 0 Å².